The van der Waals surface area contributed by atoms with Crippen LogP contribution in [0.3, 0.4) is 0 Å². The van der Waals surface area contributed by atoms with Gasteiger partial charge in [0.1, 0.15) is 5.60 Å². The number of amides is 1. The molecule has 2 heterocycles. The molecule has 0 bridgehead atoms. The van der Waals surface area contributed by atoms with Crippen molar-refractivity contribution < 1.29 is 9.53 Å². The second kappa shape index (κ2) is 4.74. The number of nitrogens with one attached hydrogen (secondary N) is 1. The van der Waals surface area contributed by atoms with Crippen molar-refractivity contribution >= 4 is 17.5 Å². The highest BCUT2D eigenvalue weighted by molar-refractivity contribution is 5.89. The summed E-state index contributed by atoms with van der Waals surface area (Å²) in [6.07, 6.45) is 2.61. The molecule has 2 fully saturated rings. The predicted octanol–water partition coefficient (Wildman–Crippen LogP) is 1.74. The molecule has 3 N–H and O–H groups in total. The molecule has 2 aliphatic rings. The molecule has 1 aromatic carbocycles. The number of rotatable bonds is 1. The first kappa shape index (κ1) is 12.3. The minimum atomic E-state index is -0.299. The fourth-order valence-electron chi connectivity index (χ4n) is 2.87. The predicted molar refractivity (Wildman–Crippen MR) is 74.1 cm³/mol. The summed E-state index contributed by atoms with van der Waals surface area (Å²) in [7, 11) is 0. The van der Waals surface area contributed by atoms with Crippen LogP contribution < -0.4 is 16.0 Å². The van der Waals surface area contributed by atoms with Crippen molar-refractivity contribution in [3.8, 4) is 0 Å². The number of ether oxygens (including phenoxy) is 1. The summed E-state index contributed by atoms with van der Waals surface area (Å²) in [6, 6.07) is 7.35. The maximum absolute atomic E-state index is 12.2. The quantitative estimate of drug-likeness (QED) is 0.756. The highest BCUT2D eigenvalue weighted by Gasteiger charge is 2.41. The van der Waals surface area contributed by atoms with Gasteiger partial charge < -0.3 is 15.8 Å². The number of nitrogens with two attached hydrogens (primary N) is 1. The number of anilines is 2. The van der Waals surface area contributed by atoms with Gasteiger partial charge in [-0.2, -0.15) is 0 Å². The van der Waals surface area contributed by atoms with E-state index in [2.05, 4.69) is 5.32 Å². The Bertz CT molecular complexity index is 483. The number of hydrogen-bond acceptors (Lipinski definition) is 4. The standard InChI is InChI=1S/C14H19N3O2/c15-11-3-1-4-12(9-11)17-8-6-14(19-13(17)18)5-2-7-16-10-14/h1,3-4,9,16H,2,5-8,10,15H2. The van der Waals surface area contributed by atoms with E-state index < -0.39 is 0 Å². The van der Waals surface area contributed by atoms with E-state index in [1.165, 1.54) is 0 Å². The SMILES string of the molecule is Nc1cccc(N2CCC3(CCCNC3)OC2=O)c1. The van der Waals surface area contributed by atoms with Crippen LogP contribution in [0.2, 0.25) is 0 Å². The number of nitrogens with zero attached hydrogens (tertiary/aromatic N) is 1. The van der Waals surface area contributed by atoms with Crippen molar-refractivity contribution in [2.24, 2.45) is 0 Å². The summed E-state index contributed by atoms with van der Waals surface area (Å²) in [5.74, 6) is 0. The van der Waals surface area contributed by atoms with Gasteiger partial charge in [0, 0.05) is 30.9 Å². The van der Waals surface area contributed by atoms with Crippen molar-refractivity contribution in [1.82, 2.24) is 5.32 Å². The van der Waals surface area contributed by atoms with Gasteiger partial charge in [-0.05, 0) is 37.6 Å². The van der Waals surface area contributed by atoms with Gasteiger partial charge in [0.2, 0.25) is 0 Å². The lowest BCUT2D eigenvalue weighted by atomic mass is 9.89. The summed E-state index contributed by atoms with van der Waals surface area (Å²) >= 11 is 0. The highest BCUT2D eigenvalue weighted by atomic mass is 16.6. The van der Waals surface area contributed by atoms with Crippen LogP contribution >= 0.6 is 0 Å². The van der Waals surface area contributed by atoms with Crippen LogP contribution in [0.15, 0.2) is 24.3 Å². The summed E-state index contributed by atoms with van der Waals surface area (Å²) in [6.45, 7) is 2.46. The Kier molecular flexibility index (Phi) is 3.06. The lowest BCUT2D eigenvalue weighted by molar-refractivity contribution is -0.0211. The van der Waals surface area contributed by atoms with E-state index in [-0.39, 0.29) is 11.7 Å². The molecule has 1 aromatic rings. The van der Waals surface area contributed by atoms with Crippen LogP contribution in [0.4, 0.5) is 16.2 Å². The summed E-state index contributed by atoms with van der Waals surface area (Å²) in [4.78, 5) is 13.9. The van der Waals surface area contributed by atoms with Crippen molar-refractivity contribution in [2.45, 2.75) is 24.9 Å². The average Bonchev–Trinajstić information content (AvgIpc) is 2.39. The average molecular weight is 261 g/mol. The molecule has 0 radical (unpaired) electrons. The minimum absolute atomic E-state index is 0.263. The Hall–Kier alpha value is -1.75. The van der Waals surface area contributed by atoms with Gasteiger partial charge in [-0.1, -0.05) is 6.07 Å². The van der Waals surface area contributed by atoms with Crippen molar-refractivity contribution in [1.29, 1.82) is 0 Å². The van der Waals surface area contributed by atoms with Crippen molar-refractivity contribution in [3.05, 3.63) is 24.3 Å². The highest BCUT2D eigenvalue weighted by Crippen LogP contribution is 2.32. The second-order valence-electron chi connectivity index (χ2n) is 5.33. The molecule has 1 unspecified atom stereocenters. The van der Waals surface area contributed by atoms with E-state index in [9.17, 15) is 4.79 Å². The lowest BCUT2D eigenvalue weighted by Gasteiger charge is -2.43. The van der Waals surface area contributed by atoms with E-state index in [0.717, 1.165) is 38.0 Å². The fourth-order valence-corrected chi connectivity index (χ4v) is 2.87. The Labute approximate surface area is 112 Å². The van der Waals surface area contributed by atoms with E-state index in [0.29, 0.717) is 12.2 Å². The Morgan fingerprint density at radius 1 is 1.37 bits per heavy atom. The Morgan fingerprint density at radius 3 is 2.95 bits per heavy atom. The third-order valence-corrected chi connectivity index (χ3v) is 3.93. The summed E-state index contributed by atoms with van der Waals surface area (Å²) in [5.41, 5.74) is 6.93. The topological polar surface area (TPSA) is 67.6 Å². The van der Waals surface area contributed by atoms with Crippen LogP contribution in [0.1, 0.15) is 19.3 Å². The van der Waals surface area contributed by atoms with Crippen LogP contribution in [0, 0.1) is 0 Å². The van der Waals surface area contributed by atoms with Crippen molar-refractivity contribution in [3.63, 3.8) is 0 Å². The van der Waals surface area contributed by atoms with Gasteiger partial charge in [0.05, 0.1) is 0 Å². The van der Waals surface area contributed by atoms with Gasteiger partial charge in [0.15, 0.2) is 0 Å². The van der Waals surface area contributed by atoms with Gasteiger partial charge >= 0.3 is 6.09 Å². The maximum atomic E-state index is 12.2. The van der Waals surface area contributed by atoms with Crippen molar-refractivity contribution in [2.75, 3.05) is 30.3 Å². The third-order valence-electron chi connectivity index (χ3n) is 3.93. The first-order chi connectivity index (χ1) is 9.19. The molecule has 19 heavy (non-hydrogen) atoms. The molecular formula is C14H19N3O2. The molecule has 1 spiro atoms. The molecule has 1 amide bonds. The monoisotopic (exact) mass is 261 g/mol. The zero-order valence-electron chi connectivity index (χ0n) is 10.9. The minimum Gasteiger partial charge on any atom is -0.441 e. The molecule has 5 heteroatoms. The Morgan fingerprint density at radius 2 is 2.26 bits per heavy atom. The normalized spacial score (nSPS) is 27.4. The number of piperidine rings is 1. The van der Waals surface area contributed by atoms with E-state index in [4.69, 9.17) is 10.5 Å². The zero-order valence-corrected chi connectivity index (χ0v) is 10.9. The molecule has 1 atom stereocenters. The number of benzene rings is 1. The molecule has 2 aliphatic heterocycles. The van der Waals surface area contributed by atoms with Crippen LogP contribution in [0.5, 0.6) is 0 Å². The van der Waals surface area contributed by atoms with E-state index in [1.807, 2.05) is 18.2 Å². The molecule has 0 aliphatic carbocycles. The number of carbonyl (C=O) groups excluding carboxylic acids is 1. The first-order valence-corrected chi connectivity index (χ1v) is 6.75. The molecule has 0 aromatic heterocycles. The number of carbonyl (C=O) groups is 1. The largest absolute Gasteiger partial charge is 0.441 e. The van der Waals surface area contributed by atoms with E-state index in [1.54, 1.807) is 11.0 Å². The smallest absolute Gasteiger partial charge is 0.414 e. The lowest BCUT2D eigenvalue weighted by Crippen LogP contribution is -2.56. The fraction of sp³-hybridized carbons (Fsp3) is 0.500. The molecule has 5 nitrogen and oxygen atoms in total. The van der Waals surface area contributed by atoms with Crippen LogP contribution in [0.25, 0.3) is 0 Å². The van der Waals surface area contributed by atoms with Gasteiger partial charge in [0.25, 0.3) is 0 Å². The van der Waals surface area contributed by atoms with Gasteiger partial charge in [-0.25, -0.2) is 4.79 Å². The number of hydrogen-bond donors (Lipinski definition) is 2. The Balaban J connectivity index is 1.76. The molecular weight excluding hydrogens is 242 g/mol. The zero-order chi connectivity index (χ0) is 13.3. The third kappa shape index (κ3) is 2.38. The molecule has 2 saturated heterocycles. The second-order valence-corrected chi connectivity index (χ2v) is 5.33. The summed E-state index contributed by atoms with van der Waals surface area (Å²) in [5, 5.41) is 3.31. The van der Waals surface area contributed by atoms with Crippen LogP contribution in [-0.4, -0.2) is 31.3 Å². The molecule has 0 saturated carbocycles. The maximum Gasteiger partial charge on any atom is 0.414 e. The summed E-state index contributed by atoms with van der Waals surface area (Å²) < 4.78 is 5.71. The van der Waals surface area contributed by atoms with E-state index >= 15 is 0 Å². The molecule has 102 valence electrons. The molecule has 3 rings (SSSR count). The van der Waals surface area contributed by atoms with Crippen LogP contribution in [-0.2, 0) is 4.74 Å². The first-order valence-electron chi connectivity index (χ1n) is 6.75. The number of nitrogen functional groups attached to an aromatic ring is 1. The van der Waals surface area contributed by atoms with Gasteiger partial charge in [-0.15, -0.1) is 0 Å². The van der Waals surface area contributed by atoms with Gasteiger partial charge in [-0.3, -0.25) is 4.90 Å².